The molecule has 0 unspecified atom stereocenters. The van der Waals surface area contributed by atoms with E-state index in [2.05, 4.69) is 37.3 Å². The number of benzene rings is 2. The first-order valence-corrected chi connectivity index (χ1v) is 7.25. The third-order valence-electron chi connectivity index (χ3n) is 3.70. The van der Waals surface area contributed by atoms with Crippen molar-refractivity contribution in [1.29, 1.82) is 0 Å². The summed E-state index contributed by atoms with van der Waals surface area (Å²) in [7, 11) is 0. The Morgan fingerprint density at radius 1 is 1.00 bits per heavy atom. The number of unbranched alkanes of at least 4 members (excludes halogenated alkanes) is 3. The average molecular weight is 254 g/mol. The number of hydrogen-bond acceptors (Lipinski definition) is 1. The second-order valence-electron chi connectivity index (χ2n) is 5.18. The molecule has 100 valence electrons. The van der Waals surface area contributed by atoms with Crippen LogP contribution < -0.4 is 0 Å². The summed E-state index contributed by atoms with van der Waals surface area (Å²) in [6, 6.07) is 12.4. The molecule has 0 bridgehead atoms. The molecule has 1 heteroatoms. The normalized spacial score (nSPS) is 10.8. The molecule has 0 radical (unpaired) electrons. The summed E-state index contributed by atoms with van der Waals surface area (Å²) in [4.78, 5) is 11.8. The van der Waals surface area contributed by atoms with Crippen molar-refractivity contribution < 1.29 is 4.79 Å². The molecule has 0 heterocycles. The molecule has 19 heavy (non-hydrogen) atoms. The average Bonchev–Trinajstić information content (AvgIpc) is 2.43. The van der Waals surface area contributed by atoms with Gasteiger partial charge >= 0.3 is 0 Å². The third-order valence-corrected chi connectivity index (χ3v) is 3.70. The molecule has 0 saturated carbocycles. The highest BCUT2D eigenvalue weighted by Crippen LogP contribution is 2.25. The van der Waals surface area contributed by atoms with Crippen LogP contribution in [0.15, 0.2) is 36.4 Å². The van der Waals surface area contributed by atoms with Gasteiger partial charge in [0.05, 0.1) is 0 Å². The van der Waals surface area contributed by atoms with Gasteiger partial charge in [-0.25, -0.2) is 0 Å². The molecule has 1 nitrogen and oxygen atoms in total. The van der Waals surface area contributed by atoms with E-state index in [-0.39, 0.29) is 5.78 Å². The van der Waals surface area contributed by atoms with E-state index in [9.17, 15) is 4.79 Å². The quantitative estimate of drug-likeness (QED) is 0.513. The molecule has 0 aliphatic rings. The van der Waals surface area contributed by atoms with Gasteiger partial charge in [0.1, 0.15) is 0 Å². The Labute approximate surface area is 115 Å². The minimum atomic E-state index is 0.177. The van der Waals surface area contributed by atoms with Crippen molar-refractivity contribution in [3.63, 3.8) is 0 Å². The van der Waals surface area contributed by atoms with E-state index in [1.165, 1.54) is 42.0 Å². The fraction of sp³-hybridized carbons (Fsp3) is 0.389. The monoisotopic (exact) mass is 254 g/mol. The van der Waals surface area contributed by atoms with Gasteiger partial charge in [-0.3, -0.25) is 4.79 Å². The molecular weight excluding hydrogens is 232 g/mol. The number of carbonyl (C=O) groups excluding carboxylic acids is 1. The molecule has 0 spiro atoms. The Morgan fingerprint density at radius 3 is 2.53 bits per heavy atom. The maximum Gasteiger partial charge on any atom is 0.160 e. The SMILES string of the molecule is CCCCCCc1c(C(C)=O)ccc2ccccc12. The van der Waals surface area contributed by atoms with Crippen molar-refractivity contribution in [3.8, 4) is 0 Å². The number of ketones is 1. The lowest BCUT2D eigenvalue weighted by molar-refractivity contribution is 0.101. The minimum Gasteiger partial charge on any atom is -0.295 e. The molecule has 0 aliphatic carbocycles. The highest BCUT2D eigenvalue weighted by atomic mass is 16.1. The molecule has 2 aromatic carbocycles. The van der Waals surface area contributed by atoms with E-state index in [0.29, 0.717) is 0 Å². The second kappa shape index (κ2) is 6.51. The minimum absolute atomic E-state index is 0.177. The summed E-state index contributed by atoms with van der Waals surface area (Å²) in [5.41, 5.74) is 2.14. The van der Waals surface area contributed by atoms with Crippen LogP contribution in [0, 0.1) is 0 Å². The van der Waals surface area contributed by atoms with Gasteiger partial charge in [0, 0.05) is 5.56 Å². The molecule has 0 amide bonds. The third kappa shape index (κ3) is 3.23. The van der Waals surface area contributed by atoms with Gasteiger partial charge in [0.15, 0.2) is 5.78 Å². The molecular formula is C18H22O. The maximum atomic E-state index is 11.8. The van der Waals surface area contributed by atoms with Gasteiger partial charge in [0.2, 0.25) is 0 Å². The number of rotatable bonds is 6. The Hall–Kier alpha value is -1.63. The summed E-state index contributed by atoms with van der Waals surface area (Å²) >= 11 is 0. The topological polar surface area (TPSA) is 17.1 Å². The van der Waals surface area contributed by atoms with Crippen LogP contribution in [0.1, 0.15) is 55.5 Å². The van der Waals surface area contributed by atoms with E-state index in [1.807, 2.05) is 6.07 Å². The molecule has 2 aromatic rings. The molecule has 0 aliphatic heterocycles. The number of hydrogen-bond donors (Lipinski definition) is 0. The lowest BCUT2D eigenvalue weighted by Crippen LogP contribution is -2.01. The van der Waals surface area contributed by atoms with Crippen molar-refractivity contribution in [3.05, 3.63) is 47.5 Å². The van der Waals surface area contributed by atoms with Gasteiger partial charge < -0.3 is 0 Å². The number of aryl methyl sites for hydroxylation is 1. The van der Waals surface area contributed by atoms with Crippen molar-refractivity contribution in [2.75, 3.05) is 0 Å². The first kappa shape index (κ1) is 13.8. The van der Waals surface area contributed by atoms with Crippen LogP contribution in [0.5, 0.6) is 0 Å². The van der Waals surface area contributed by atoms with Gasteiger partial charge in [-0.2, -0.15) is 0 Å². The van der Waals surface area contributed by atoms with E-state index in [4.69, 9.17) is 0 Å². The summed E-state index contributed by atoms with van der Waals surface area (Å²) in [6.07, 6.45) is 5.95. The Balaban J connectivity index is 2.35. The van der Waals surface area contributed by atoms with Crippen molar-refractivity contribution in [2.45, 2.75) is 46.0 Å². The highest BCUT2D eigenvalue weighted by molar-refractivity contribution is 6.01. The largest absolute Gasteiger partial charge is 0.295 e. The van der Waals surface area contributed by atoms with Crippen LogP contribution in [0.3, 0.4) is 0 Å². The molecule has 0 saturated heterocycles. The lowest BCUT2D eigenvalue weighted by Gasteiger charge is -2.11. The van der Waals surface area contributed by atoms with E-state index >= 15 is 0 Å². The van der Waals surface area contributed by atoms with E-state index in [1.54, 1.807) is 6.92 Å². The van der Waals surface area contributed by atoms with Crippen LogP contribution in [0.4, 0.5) is 0 Å². The Morgan fingerprint density at radius 2 is 1.79 bits per heavy atom. The molecule has 0 atom stereocenters. The van der Waals surface area contributed by atoms with Crippen LogP contribution in [-0.2, 0) is 6.42 Å². The van der Waals surface area contributed by atoms with Crippen molar-refractivity contribution >= 4 is 16.6 Å². The smallest absolute Gasteiger partial charge is 0.160 e. The zero-order valence-electron chi connectivity index (χ0n) is 11.9. The van der Waals surface area contributed by atoms with E-state index < -0.39 is 0 Å². The van der Waals surface area contributed by atoms with Crippen molar-refractivity contribution in [1.82, 2.24) is 0 Å². The number of fused-ring (bicyclic) bond motifs is 1. The van der Waals surface area contributed by atoms with Gasteiger partial charge in [0.25, 0.3) is 0 Å². The van der Waals surface area contributed by atoms with Gasteiger partial charge in [-0.15, -0.1) is 0 Å². The zero-order chi connectivity index (χ0) is 13.7. The van der Waals surface area contributed by atoms with Crippen LogP contribution in [0.25, 0.3) is 10.8 Å². The Bertz CT molecular complexity index is 569. The zero-order valence-corrected chi connectivity index (χ0v) is 11.9. The Kier molecular flexibility index (Phi) is 4.73. The predicted octanol–water partition coefficient (Wildman–Crippen LogP) is 5.17. The number of carbonyl (C=O) groups is 1. The first-order valence-electron chi connectivity index (χ1n) is 7.25. The maximum absolute atomic E-state index is 11.8. The van der Waals surface area contributed by atoms with Crippen LogP contribution in [0.2, 0.25) is 0 Å². The van der Waals surface area contributed by atoms with Gasteiger partial charge in [-0.1, -0.05) is 62.6 Å². The lowest BCUT2D eigenvalue weighted by atomic mass is 9.93. The summed E-state index contributed by atoms with van der Waals surface area (Å²) in [5, 5.41) is 2.48. The van der Waals surface area contributed by atoms with Crippen LogP contribution >= 0.6 is 0 Å². The molecule has 0 fully saturated rings. The summed E-state index contributed by atoms with van der Waals surface area (Å²) in [5.74, 6) is 0.177. The fourth-order valence-electron chi connectivity index (χ4n) is 2.66. The molecule has 2 rings (SSSR count). The summed E-state index contributed by atoms with van der Waals surface area (Å²) in [6.45, 7) is 3.89. The van der Waals surface area contributed by atoms with E-state index in [0.717, 1.165) is 12.0 Å². The number of Topliss-reactive ketones (excluding diaryl/α,β-unsaturated/α-hetero) is 1. The molecule has 0 aromatic heterocycles. The van der Waals surface area contributed by atoms with Gasteiger partial charge in [-0.05, 0) is 36.1 Å². The highest BCUT2D eigenvalue weighted by Gasteiger charge is 2.10. The van der Waals surface area contributed by atoms with Crippen molar-refractivity contribution in [2.24, 2.45) is 0 Å². The fourth-order valence-corrected chi connectivity index (χ4v) is 2.66. The van der Waals surface area contributed by atoms with Crippen LogP contribution in [-0.4, -0.2) is 5.78 Å². The summed E-state index contributed by atoms with van der Waals surface area (Å²) < 4.78 is 0. The second-order valence-corrected chi connectivity index (χ2v) is 5.18. The predicted molar refractivity (Wildman–Crippen MR) is 81.8 cm³/mol. The molecule has 0 N–H and O–H groups in total. The standard InChI is InChI=1S/C18H22O/c1-3-4-5-6-11-18-16(14(2)19)13-12-15-9-7-8-10-17(15)18/h7-10,12-13H,3-6,11H2,1-2H3. The first-order chi connectivity index (χ1) is 9.24.